The molecule has 1 nitrogen and oxygen atoms in total. The molecule has 0 saturated heterocycles. The maximum Gasteiger partial charge on any atom is 0.0453 e. The second-order valence-electron chi connectivity index (χ2n) is 2.53. The van der Waals surface area contributed by atoms with Crippen molar-refractivity contribution in [2.45, 2.75) is 13.0 Å². The summed E-state index contributed by atoms with van der Waals surface area (Å²) in [5, 5.41) is 3.97. The van der Waals surface area contributed by atoms with Crippen LogP contribution in [0, 0.1) is 0 Å². The van der Waals surface area contributed by atoms with Crippen LogP contribution in [-0.4, -0.2) is 7.05 Å². The Bertz CT molecular complexity index is 235. The minimum atomic E-state index is 0.323. The van der Waals surface area contributed by atoms with Gasteiger partial charge in [0.25, 0.3) is 0 Å². The minimum absolute atomic E-state index is 0.323. The Morgan fingerprint density at radius 1 is 1.36 bits per heavy atom. The van der Waals surface area contributed by atoms with Crippen LogP contribution in [0.3, 0.4) is 0 Å². The largest absolute Gasteiger partial charge is 0.313 e. The summed E-state index contributed by atoms with van der Waals surface area (Å²) in [5.74, 6) is 0. The zero-order valence-corrected chi connectivity index (χ0v) is 7.52. The van der Waals surface area contributed by atoms with Gasteiger partial charge in [-0.25, -0.2) is 0 Å². The van der Waals surface area contributed by atoms with E-state index in [1.807, 2.05) is 31.3 Å². The summed E-state index contributed by atoms with van der Waals surface area (Å²) in [6.07, 6.45) is 0. The van der Waals surface area contributed by atoms with Crippen molar-refractivity contribution in [2.75, 3.05) is 7.05 Å². The van der Waals surface area contributed by atoms with Gasteiger partial charge in [0, 0.05) is 11.1 Å². The Labute approximate surface area is 72.4 Å². The van der Waals surface area contributed by atoms with E-state index in [1.165, 1.54) is 0 Å². The van der Waals surface area contributed by atoms with Crippen molar-refractivity contribution < 1.29 is 0 Å². The number of benzene rings is 1. The third-order valence-electron chi connectivity index (χ3n) is 1.80. The number of halogens is 1. The fourth-order valence-corrected chi connectivity index (χ4v) is 1.28. The van der Waals surface area contributed by atoms with E-state index in [1.54, 1.807) is 0 Å². The first-order valence-electron chi connectivity index (χ1n) is 3.67. The molecule has 1 N–H and O–H groups in total. The smallest absolute Gasteiger partial charge is 0.0453 e. The highest BCUT2D eigenvalue weighted by molar-refractivity contribution is 6.31. The quantitative estimate of drug-likeness (QED) is 0.718. The van der Waals surface area contributed by atoms with Gasteiger partial charge in [-0.2, -0.15) is 0 Å². The van der Waals surface area contributed by atoms with Crippen molar-refractivity contribution in [1.82, 2.24) is 5.32 Å². The maximum atomic E-state index is 5.96. The molecular weight excluding hydrogens is 158 g/mol. The summed E-state index contributed by atoms with van der Waals surface area (Å²) in [5.41, 5.74) is 1.15. The number of nitrogens with one attached hydrogen (secondary N) is 1. The Balaban J connectivity index is 2.93. The van der Waals surface area contributed by atoms with Crippen molar-refractivity contribution in [1.29, 1.82) is 0 Å². The topological polar surface area (TPSA) is 12.0 Å². The third-order valence-corrected chi connectivity index (χ3v) is 2.15. The molecule has 0 spiro atoms. The first-order valence-corrected chi connectivity index (χ1v) is 4.05. The summed E-state index contributed by atoms with van der Waals surface area (Å²) < 4.78 is 0. The van der Waals surface area contributed by atoms with Gasteiger partial charge in [0.15, 0.2) is 0 Å². The molecule has 0 aromatic heterocycles. The van der Waals surface area contributed by atoms with Crippen LogP contribution in [0.2, 0.25) is 5.02 Å². The van der Waals surface area contributed by atoms with Gasteiger partial charge in [-0.15, -0.1) is 0 Å². The zero-order chi connectivity index (χ0) is 8.27. The Morgan fingerprint density at radius 2 is 2.00 bits per heavy atom. The molecule has 0 amide bonds. The summed E-state index contributed by atoms with van der Waals surface area (Å²) in [6.45, 7) is 2.08. The molecule has 0 aliphatic carbocycles. The number of rotatable bonds is 2. The lowest BCUT2D eigenvalue weighted by Gasteiger charge is -2.11. The molecule has 60 valence electrons. The minimum Gasteiger partial charge on any atom is -0.313 e. The van der Waals surface area contributed by atoms with Crippen LogP contribution >= 0.6 is 11.6 Å². The highest BCUT2D eigenvalue weighted by atomic mass is 35.5. The van der Waals surface area contributed by atoms with Crippen molar-refractivity contribution in [3.8, 4) is 0 Å². The highest BCUT2D eigenvalue weighted by Gasteiger charge is 2.04. The molecule has 0 fully saturated rings. The molecule has 1 aromatic carbocycles. The molecule has 1 aromatic rings. The Morgan fingerprint density at radius 3 is 2.55 bits per heavy atom. The average Bonchev–Trinajstić information content (AvgIpc) is 2.04. The standard InChI is InChI=1S/C9H12ClN/c1-7(11-2)8-5-3-4-6-9(8)10/h3-7,11H,1-2H3. The lowest BCUT2D eigenvalue weighted by Crippen LogP contribution is -2.12. The molecule has 2 heteroatoms. The Hall–Kier alpha value is -0.530. The summed E-state index contributed by atoms with van der Waals surface area (Å²) in [4.78, 5) is 0. The summed E-state index contributed by atoms with van der Waals surface area (Å²) in [6, 6.07) is 8.20. The number of hydrogen-bond donors (Lipinski definition) is 1. The average molecular weight is 170 g/mol. The molecular formula is C9H12ClN. The van der Waals surface area contributed by atoms with Gasteiger partial charge in [-0.1, -0.05) is 29.8 Å². The van der Waals surface area contributed by atoms with Gasteiger partial charge in [-0.3, -0.25) is 0 Å². The van der Waals surface area contributed by atoms with E-state index >= 15 is 0 Å². The molecule has 1 unspecified atom stereocenters. The summed E-state index contributed by atoms with van der Waals surface area (Å²) >= 11 is 5.96. The van der Waals surface area contributed by atoms with E-state index < -0.39 is 0 Å². The molecule has 11 heavy (non-hydrogen) atoms. The molecule has 0 aliphatic rings. The monoisotopic (exact) mass is 169 g/mol. The van der Waals surface area contributed by atoms with Crippen molar-refractivity contribution >= 4 is 11.6 Å². The highest BCUT2D eigenvalue weighted by Crippen LogP contribution is 2.21. The van der Waals surface area contributed by atoms with Crippen LogP contribution in [0.15, 0.2) is 24.3 Å². The van der Waals surface area contributed by atoms with E-state index in [0.29, 0.717) is 6.04 Å². The first-order chi connectivity index (χ1) is 5.25. The lowest BCUT2D eigenvalue weighted by molar-refractivity contribution is 0.652. The van der Waals surface area contributed by atoms with Crippen LogP contribution in [-0.2, 0) is 0 Å². The van der Waals surface area contributed by atoms with Crippen LogP contribution < -0.4 is 5.32 Å². The zero-order valence-electron chi connectivity index (χ0n) is 6.76. The molecule has 0 heterocycles. The molecule has 1 rings (SSSR count). The van der Waals surface area contributed by atoms with Crippen molar-refractivity contribution in [3.05, 3.63) is 34.9 Å². The van der Waals surface area contributed by atoms with Crippen LogP contribution in [0.25, 0.3) is 0 Å². The fourth-order valence-electron chi connectivity index (χ4n) is 0.982. The van der Waals surface area contributed by atoms with Crippen LogP contribution in [0.4, 0.5) is 0 Å². The predicted molar refractivity (Wildman–Crippen MR) is 48.9 cm³/mol. The van der Waals surface area contributed by atoms with Crippen molar-refractivity contribution in [2.24, 2.45) is 0 Å². The molecule has 0 radical (unpaired) electrons. The third kappa shape index (κ3) is 1.95. The van der Waals surface area contributed by atoms with Gasteiger partial charge in [-0.05, 0) is 25.6 Å². The van der Waals surface area contributed by atoms with E-state index in [2.05, 4.69) is 12.2 Å². The van der Waals surface area contributed by atoms with Gasteiger partial charge in [0.1, 0.15) is 0 Å². The lowest BCUT2D eigenvalue weighted by atomic mass is 10.1. The molecule has 1 atom stereocenters. The van der Waals surface area contributed by atoms with Gasteiger partial charge >= 0.3 is 0 Å². The molecule has 0 bridgehead atoms. The maximum absolute atomic E-state index is 5.96. The molecule has 0 saturated carbocycles. The van der Waals surface area contributed by atoms with Gasteiger partial charge in [0.2, 0.25) is 0 Å². The second-order valence-corrected chi connectivity index (χ2v) is 2.94. The van der Waals surface area contributed by atoms with E-state index in [0.717, 1.165) is 10.6 Å². The fraction of sp³-hybridized carbons (Fsp3) is 0.333. The predicted octanol–water partition coefficient (Wildman–Crippen LogP) is 2.62. The first kappa shape index (κ1) is 8.57. The van der Waals surface area contributed by atoms with Crippen molar-refractivity contribution in [3.63, 3.8) is 0 Å². The number of hydrogen-bond acceptors (Lipinski definition) is 1. The van der Waals surface area contributed by atoms with E-state index in [9.17, 15) is 0 Å². The summed E-state index contributed by atoms with van der Waals surface area (Å²) in [7, 11) is 1.92. The van der Waals surface area contributed by atoms with Gasteiger partial charge < -0.3 is 5.32 Å². The van der Waals surface area contributed by atoms with Crippen LogP contribution in [0.1, 0.15) is 18.5 Å². The van der Waals surface area contributed by atoms with E-state index in [4.69, 9.17) is 11.6 Å². The Kier molecular flexibility index (Phi) is 2.92. The second kappa shape index (κ2) is 3.74. The normalized spacial score (nSPS) is 13.0. The van der Waals surface area contributed by atoms with E-state index in [-0.39, 0.29) is 0 Å². The van der Waals surface area contributed by atoms with Gasteiger partial charge in [0.05, 0.1) is 0 Å². The SMILES string of the molecule is CNC(C)c1ccccc1Cl. The molecule has 0 aliphatic heterocycles. The van der Waals surface area contributed by atoms with Crippen LogP contribution in [0.5, 0.6) is 0 Å².